The van der Waals surface area contributed by atoms with Gasteiger partial charge in [0.2, 0.25) is 0 Å². The van der Waals surface area contributed by atoms with Crippen LogP contribution in [-0.2, 0) is 4.79 Å². The van der Waals surface area contributed by atoms with E-state index in [1.54, 1.807) is 0 Å². The smallest absolute Gasteiger partial charge is 0.460 e. The number of halogens is 34. The number of alkyl halides is 34. The van der Waals surface area contributed by atoms with Crippen molar-refractivity contribution in [3.63, 3.8) is 0 Å². The Hall–Kier alpha value is -2.21. The summed E-state index contributed by atoms with van der Waals surface area (Å²) in [4.78, 5) is 10.7. The molecule has 0 amide bonds. The van der Waals surface area contributed by atoms with E-state index in [1.165, 1.54) is 0 Å². The molecule has 0 unspecified atom stereocenters. The number of aliphatic carboxylic acids is 1. The van der Waals surface area contributed by atoms with Crippen LogP contribution in [0.15, 0.2) is 0 Å². The molecule has 0 bridgehead atoms. The molecule has 59 heavy (non-hydrogen) atoms. The largest absolute Gasteiger partial charge is 0.481 e. The normalized spacial score (nSPS) is 16.8. The van der Waals surface area contributed by atoms with Gasteiger partial charge in [-0.2, -0.15) is 149 Å². The molecule has 0 saturated heterocycles. The molecule has 0 aliphatic rings. The molecule has 0 aromatic carbocycles. The van der Waals surface area contributed by atoms with Gasteiger partial charge in [-0.15, -0.1) is 0 Å². The van der Waals surface area contributed by atoms with E-state index in [-0.39, 0.29) is 0 Å². The Morgan fingerprint density at radius 2 is 0.508 bits per heavy atom. The van der Waals surface area contributed by atoms with E-state index in [9.17, 15) is 154 Å². The third kappa shape index (κ3) is 8.03. The first-order valence-corrected chi connectivity index (χ1v) is 14.5. The van der Waals surface area contributed by atoms with E-state index < -0.39 is 147 Å². The molecule has 38 heteroatoms. The van der Waals surface area contributed by atoms with Crippen molar-refractivity contribution in [2.75, 3.05) is 0 Å². The summed E-state index contributed by atoms with van der Waals surface area (Å²) in [5, 5.41) is -7.66. The van der Waals surface area contributed by atoms with Gasteiger partial charge in [-0.1, -0.05) is 23.5 Å². The number of carboxylic acid groups (broad SMARTS) is 1. The highest BCUT2D eigenvalue weighted by Gasteiger charge is 2.97. The molecular formula is C21H8F34O2S2. The maximum absolute atomic E-state index is 14.6. The van der Waals surface area contributed by atoms with Gasteiger partial charge in [0, 0.05) is 6.42 Å². The predicted molar refractivity (Wildman–Crippen MR) is 122 cm³/mol. The van der Waals surface area contributed by atoms with Crippen molar-refractivity contribution >= 4 is 29.5 Å². The minimum atomic E-state index is -9.42. The maximum atomic E-state index is 14.6. The van der Waals surface area contributed by atoms with Gasteiger partial charge in [0.15, 0.2) is 0 Å². The Balaban J connectivity index is 7.63. The first-order chi connectivity index (χ1) is 24.8. The van der Waals surface area contributed by atoms with Crippen molar-refractivity contribution in [3.8, 4) is 0 Å². The molecule has 0 spiro atoms. The lowest BCUT2D eigenvalue weighted by Gasteiger charge is -2.45. The van der Waals surface area contributed by atoms with Crippen molar-refractivity contribution in [3.05, 3.63) is 0 Å². The summed E-state index contributed by atoms with van der Waals surface area (Å²) in [6.07, 6.45) is -21.9. The summed E-state index contributed by atoms with van der Waals surface area (Å²) in [7, 11) is 0. The Morgan fingerprint density at radius 1 is 0.339 bits per heavy atom. The molecule has 0 heterocycles. The minimum Gasteiger partial charge on any atom is -0.481 e. The van der Waals surface area contributed by atoms with E-state index in [0.29, 0.717) is 0 Å². The van der Waals surface area contributed by atoms with E-state index >= 15 is 0 Å². The van der Waals surface area contributed by atoms with Crippen LogP contribution >= 0.6 is 23.5 Å². The highest BCUT2D eigenvalue weighted by molar-refractivity contribution is 8.19. The van der Waals surface area contributed by atoms with Crippen LogP contribution in [0.2, 0.25) is 0 Å². The van der Waals surface area contributed by atoms with Crippen LogP contribution in [0, 0.1) is 0 Å². The zero-order valence-electron chi connectivity index (χ0n) is 25.9. The monoisotopic (exact) mass is 1000 g/mol. The molecule has 0 atom stereocenters. The topological polar surface area (TPSA) is 37.3 Å². The number of hydrogen-bond acceptors (Lipinski definition) is 3. The quantitative estimate of drug-likeness (QED) is 0.103. The Kier molecular flexibility index (Phi) is 14.1. The fourth-order valence-corrected chi connectivity index (χ4v) is 6.23. The van der Waals surface area contributed by atoms with Gasteiger partial charge in [0.25, 0.3) is 0 Å². The van der Waals surface area contributed by atoms with Crippen molar-refractivity contribution in [1.82, 2.24) is 0 Å². The van der Waals surface area contributed by atoms with Crippen LogP contribution in [-0.4, -0.2) is 109 Å². The molecule has 0 rings (SSSR count). The summed E-state index contributed by atoms with van der Waals surface area (Å²) < 4.78 is 456. The number of thioether (sulfide) groups is 2. The minimum absolute atomic E-state index is 1.11. The molecule has 0 aromatic heterocycles. The van der Waals surface area contributed by atoms with Gasteiger partial charge in [-0.3, -0.25) is 4.79 Å². The first kappa shape index (κ1) is 56.8. The summed E-state index contributed by atoms with van der Waals surface area (Å²) in [5.74, 6) is -113. The Morgan fingerprint density at radius 3 is 0.678 bits per heavy atom. The lowest BCUT2D eigenvalue weighted by Crippen LogP contribution is -2.74. The lowest BCUT2D eigenvalue weighted by molar-refractivity contribution is -0.458. The maximum Gasteiger partial charge on any atom is 0.460 e. The second kappa shape index (κ2) is 14.7. The third-order valence-corrected chi connectivity index (χ3v) is 9.66. The van der Waals surface area contributed by atoms with Gasteiger partial charge in [0.05, 0.1) is 4.08 Å². The second-order valence-corrected chi connectivity index (χ2v) is 14.6. The molecule has 354 valence electrons. The van der Waals surface area contributed by atoms with Crippen molar-refractivity contribution in [1.29, 1.82) is 0 Å². The van der Waals surface area contributed by atoms with E-state index in [1.807, 2.05) is 0 Å². The SMILES string of the molecule is CC(CCC(=O)O)(SC(F)(F)C(F)(F)C(F)(F)C(F)(F)C(F)(F)C(F)(F)C(F)(F)C(F)(F)F)SC(F)(F)C(F)(F)C(F)(F)C(F)(F)C(F)(F)C(F)(F)C(F)(F)C(F)(F)F. The zero-order chi connectivity index (χ0) is 48.9. The fraction of sp³-hybridized carbons (Fsp3) is 0.952. The highest BCUT2D eigenvalue weighted by atomic mass is 32.2. The summed E-state index contributed by atoms with van der Waals surface area (Å²) in [6.45, 7) is -1.11. The predicted octanol–water partition coefficient (Wildman–Crippen LogP) is 13.0. The van der Waals surface area contributed by atoms with Gasteiger partial charge >= 0.3 is 99.9 Å². The van der Waals surface area contributed by atoms with Crippen LogP contribution < -0.4 is 0 Å². The van der Waals surface area contributed by atoms with E-state index in [2.05, 4.69) is 0 Å². The van der Waals surface area contributed by atoms with Crippen molar-refractivity contribution < 1.29 is 159 Å². The Bertz CT molecular complexity index is 1420. The lowest BCUT2D eigenvalue weighted by atomic mass is 9.91. The van der Waals surface area contributed by atoms with Gasteiger partial charge in [-0.05, 0) is 13.3 Å². The number of carbonyl (C=O) groups is 1. The van der Waals surface area contributed by atoms with E-state index in [4.69, 9.17) is 5.11 Å². The molecule has 0 saturated carbocycles. The summed E-state index contributed by atoms with van der Waals surface area (Å²) >= 11 is -6.70. The third-order valence-electron chi connectivity index (χ3n) is 6.87. The average molecular weight is 1000 g/mol. The summed E-state index contributed by atoms with van der Waals surface area (Å²) in [5.41, 5.74) is 0. The van der Waals surface area contributed by atoms with Crippen molar-refractivity contribution in [2.24, 2.45) is 0 Å². The Labute approximate surface area is 307 Å². The van der Waals surface area contributed by atoms with Gasteiger partial charge in [0.1, 0.15) is 0 Å². The standard InChI is InChI=1S/C21H8F34O2S2/c1-5(3-2-4(56)57,58-20(52,53)16(42,43)12(34,35)8(26,27)6(22,23)10(30,31)14(38,39)18(46,47)48)59-21(54,55)17(44,45)13(36,37)9(28,29)7(24,25)11(32,33)15(40,41)19(49,50)51/h2-3H2,1H3,(H,56,57). The molecule has 2 nitrogen and oxygen atoms in total. The molecule has 1 N–H and O–H groups in total. The van der Waals surface area contributed by atoms with Crippen LogP contribution in [0.3, 0.4) is 0 Å². The van der Waals surface area contributed by atoms with Crippen LogP contribution in [0.4, 0.5) is 149 Å². The molecule has 0 radical (unpaired) electrons. The molecular weight excluding hydrogens is 994 g/mol. The zero-order valence-corrected chi connectivity index (χ0v) is 27.6. The first-order valence-electron chi connectivity index (χ1n) is 12.9. The number of rotatable bonds is 19. The van der Waals surface area contributed by atoms with Crippen molar-refractivity contribution in [2.45, 2.75) is 118 Å². The summed E-state index contributed by atoms with van der Waals surface area (Å²) in [6, 6.07) is 0. The van der Waals surface area contributed by atoms with E-state index in [0.717, 1.165) is 0 Å². The molecule has 0 aromatic rings. The average Bonchev–Trinajstić information content (AvgIpc) is 2.97. The van der Waals surface area contributed by atoms with Crippen LogP contribution in [0.25, 0.3) is 0 Å². The second-order valence-electron chi connectivity index (χ2n) is 11.2. The van der Waals surface area contributed by atoms with Crippen LogP contribution in [0.1, 0.15) is 19.8 Å². The highest BCUT2D eigenvalue weighted by Crippen LogP contribution is 2.70. The molecule has 0 fully saturated rings. The van der Waals surface area contributed by atoms with Gasteiger partial charge in [-0.25, -0.2) is 0 Å². The van der Waals surface area contributed by atoms with Crippen LogP contribution in [0.5, 0.6) is 0 Å². The molecule has 0 aliphatic heterocycles. The number of hydrogen-bond donors (Lipinski definition) is 1. The fourth-order valence-electron chi connectivity index (χ4n) is 3.43. The molecule has 0 aliphatic carbocycles. The van der Waals surface area contributed by atoms with Gasteiger partial charge < -0.3 is 5.11 Å². The number of carboxylic acids is 1.